The van der Waals surface area contributed by atoms with E-state index in [-0.39, 0.29) is 22.0 Å². The molecule has 4 aromatic heterocycles. The molecule has 1 aromatic carbocycles. The fourth-order valence-corrected chi connectivity index (χ4v) is 4.36. The number of hydrogen-bond donors (Lipinski definition) is 1. The summed E-state index contributed by atoms with van der Waals surface area (Å²) in [6, 6.07) is 10.3. The van der Waals surface area contributed by atoms with E-state index in [0.717, 1.165) is 11.1 Å². The number of primary amides is 1. The molecule has 36 heavy (non-hydrogen) atoms. The van der Waals surface area contributed by atoms with Gasteiger partial charge in [0, 0.05) is 18.2 Å². The molecule has 0 aliphatic rings. The topological polar surface area (TPSA) is 126 Å². The Balaban J connectivity index is 1.67. The van der Waals surface area contributed by atoms with Gasteiger partial charge in [-0.05, 0) is 62.7 Å². The summed E-state index contributed by atoms with van der Waals surface area (Å²) >= 11 is 5.92. The Morgan fingerprint density at radius 3 is 2.67 bits per heavy atom. The number of amides is 1. The largest absolute Gasteiger partial charge is 0.483 e. The Morgan fingerprint density at radius 1 is 1.14 bits per heavy atom. The molecule has 5 aromatic rings. The van der Waals surface area contributed by atoms with Crippen molar-refractivity contribution in [3.8, 4) is 17.2 Å². The van der Waals surface area contributed by atoms with Crippen molar-refractivity contribution in [3.05, 3.63) is 80.4 Å². The highest BCUT2D eigenvalue weighted by molar-refractivity contribution is 6.29. The third kappa shape index (κ3) is 4.07. The van der Waals surface area contributed by atoms with Gasteiger partial charge in [0.2, 0.25) is 0 Å². The van der Waals surface area contributed by atoms with E-state index in [0.29, 0.717) is 39.1 Å². The van der Waals surface area contributed by atoms with E-state index in [9.17, 15) is 9.59 Å². The lowest BCUT2D eigenvalue weighted by Crippen LogP contribution is -2.17. The summed E-state index contributed by atoms with van der Waals surface area (Å²) in [7, 11) is 1.82. The Kier molecular flexibility index (Phi) is 5.72. The molecule has 0 spiro atoms. The quantitative estimate of drug-likeness (QED) is 0.346. The van der Waals surface area contributed by atoms with Crippen molar-refractivity contribution >= 4 is 39.5 Å². The van der Waals surface area contributed by atoms with E-state index < -0.39 is 12.0 Å². The fraction of sp³-hybridized carbons (Fsp3) is 0.192. The minimum atomic E-state index is -0.768. The van der Waals surface area contributed by atoms with Crippen LogP contribution in [0.25, 0.3) is 33.5 Å². The van der Waals surface area contributed by atoms with E-state index in [1.807, 2.05) is 26.1 Å². The van der Waals surface area contributed by atoms with Crippen LogP contribution in [0, 0.1) is 13.8 Å². The second-order valence-corrected chi connectivity index (χ2v) is 9.01. The van der Waals surface area contributed by atoms with Crippen LogP contribution in [0.3, 0.4) is 0 Å². The molecule has 2 N–H and O–H groups in total. The molecule has 182 valence electrons. The van der Waals surface area contributed by atoms with Gasteiger partial charge in [0.05, 0.1) is 11.6 Å². The number of halogens is 1. The van der Waals surface area contributed by atoms with Crippen molar-refractivity contribution in [2.45, 2.75) is 26.9 Å². The highest BCUT2D eigenvalue weighted by atomic mass is 35.5. The SMILES string of the molecule is Cc1cc([C@@H](C)Oc2ccc(Cl)nc2C(N)=O)c2oc(-c3ccc4nn(C)cc4n3)c(C)c(=O)c2c1. The van der Waals surface area contributed by atoms with Crippen LogP contribution in [0.5, 0.6) is 5.75 Å². The van der Waals surface area contributed by atoms with Gasteiger partial charge in [0.1, 0.15) is 33.6 Å². The van der Waals surface area contributed by atoms with Crippen LogP contribution in [-0.2, 0) is 7.05 Å². The molecule has 0 radical (unpaired) electrons. The fourth-order valence-electron chi connectivity index (χ4n) is 4.21. The standard InChI is InChI=1S/C26H22ClN5O4/c1-12-9-15(14(3)35-20-7-8-21(27)30-22(20)26(28)34)25-16(10-12)23(33)13(2)24(36-25)18-6-5-17-19(29-18)11-32(4)31-17/h5-11,14H,1-4H3,(H2,28,34)/t14-/m1/s1. The van der Waals surface area contributed by atoms with Gasteiger partial charge < -0.3 is 14.9 Å². The number of benzene rings is 1. The molecule has 5 rings (SSSR count). The number of carbonyl (C=O) groups excluding carboxylic acids is 1. The summed E-state index contributed by atoms with van der Waals surface area (Å²) in [4.78, 5) is 33.9. The average Bonchev–Trinajstić information content (AvgIpc) is 3.21. The van der Waals surface area contributed by atoms with Gasteiger partial charge in [-0.25, -0.2) is 9.97 Å². The molecule has 0 unspecified atom stereocenters. The summed E-state index contributed by atoms with van der Waals surface area (Å²) < 4.78 is 14.1. The smallest absolute Gasteiger partial charge is 0.271 e. The summed E-state index contributed by atoms with van der Waals surface area (Å²) in [6.45, 7) is 5.39. The maximum Gasteiger partial charge on any atom is 0.271 e. The van der Waals surface area contributed by atoms with E-state index in [4.69, 9.17) is 26.5 Å². The maximum absolute atomic E-state index is 13.4. The highest BCUT2D eigenvalue weighted by Gasteiger charge is 2.22. The van der Waals surface area contributed by atoms with Gasteiger partial charge in [-0.3, -0.25) is 14.3 Å². The first-order valence-corrected chi connectivity index (χ1v) is 11.5. The van der Waals surface area contributed by atoms with E-state index in [1.54, 1.807) is 36.9 Å². The number of ether oxygens (including phenoxy) is 1. The molecule has 0 aliphatic heterocycles. The van der Waals surface area contributed by atoms with Gasteiger partial charge in [-0.2, -0.15) is 5.10 Å². The number of nitrogens with zero attached hydrogens (tertiary/aromatic N) is 4. The average molecular weight is 504 g/mol. The second-order valence-electron chi connectivity index (χ2n) is 8.62. The predicted octanol–water partition coefficient (Wildman–Crippen LogP) is 4.65. The lowest BCUT2D eigenvalue weighted by atomic mass is 10.0. The number of rotatable bonds is 5. The molecular weight excluding hydrogens is 482 g/mol. The summed E-state index contributed by atoms with van der Waals surface area (Å²) in [5.74, 6) is -0.232. The summed E-state index contributed by atoms with van der Waals surface area (Å²) in [6.07, 6.45) is 1.18. The molecule has 0 aliphatic carbocycles. The molecule has 1 amide bonds. The molecule has 0 bridgehead atoms. The van der Waals surface area contributed by atoms with Crippen LogP contribution in [0.4, 0.5) is 0 Å². The third-order valence-electron chi connectivity index (χ3n) is 5.90. The third-order valence-corrected chi connectivity index (χ3v) is 6.11. The Bertz CT molecular complexity index is 1740. The Morgan fingerprint density at radius 2 is 1.92 bits per heavy atom. The zero-order valence-electron chi connectivity index (χ0n) is 20.0. The molecular formula is C26H22ClN5O4. The number of aryl methyl sites for hydroxylation is 2. The zero-order valence-corrected chi connectivity index (χ0v) is 20.8. The summed E-state index contributed by atoms with van der Waals surface area (Å²) in [5.41, 5.74) is 9.45. The second kappa shape index (κ2) is 8.76. The van der Waals surface area contributed by atoms with Crippen LogP contribution < -0.4 is 15.9 Å². The van der Waals surface area contributed by atoms with Crippen molar-refractivity contribution in [1.82, 2.24) is 19.7 Å². The van der Waals surface area contributed by atoms with Crippen LogP contribution in [-0.4, -0.2) is 25.7 Å². The normalized spacial score (nSPS) is 12.2. The van der Waals surface area contributed by atoms with E-state index >= 15 is 0 Å². The van der Waals surface area contributed by atoms with E-state index in [2.05, 4.69) is 15.1 Å². The van der Waals surface area contributed by atoms with Gasteiger partial charge in [0.15, 0.2) is 22.6 Å². The molecule has 4 heterocycles. The van der Waals surface area contributed by atoms with Gasteiger partial charge in [0.25, 0.3) is 5.91 Å². The lowest BCUT2D eigenvalue weighted by Gasteiger charge is -2.19. The Labute approximate surface area is 210 Å². The molecule has 0 saturated heterocycles. The van der Waals surface area contributed by atoms with Crippen LogP contribution in [0.1, 0.15) is 40.2 Å². The molecule has 0 saturated carbocycles. The molecule has 0 fully saturated rings. The summed E-state index contributed by atoms with van der Waals surface area (Å²) in [5, 5.41) is 4.89. The number of pyridine rings is 2. The van der Waals surface area contributed by atoms with Gasteiger partial charge in [-0.15, -0.1) is 0 Å². The first-order chi connectivity index (χ1) is 17.1. The highest BCUT2D eigenvalue weighted by Crippen LogP contribution is 2.33. The minimum absolute atomic E-state index is 0.0849. The lowest BCUT2D eigenvalue weighted by molar-refractivity contribution is 0.0988. The predicted molar refractivity (Wildman–Crippen MR) is 136 cm³/mol. The molecule has 1 atom stereocenters. The monoisotopic (exact) mass is 503 g/mol. The van der Waals surface area contributed by atoms with Crippen molar-refractivity contribution < 1.29 is 13.9 Å². The van der Waals surface area contributed by atoms with Gasteiger partial charge >= 0.3 is 0 Å². The Hall–Kier alpha value is -4.24. The van der Waals surface area contributed by atoms with Crippen molar-refractivity contribution in [1.29, 1.82) is 0 Å². The van der Waals surface area contributed by atoms with Gasteiger partial charge in [-0.1, -0.05) is 11.6 Å². The molecule has 9 nitrogen and oxygen atoms in total. The number of nitrogens with two attached hydrogens (primary N) is 1. The van der Waals surface area contributed by atoms with Crippen molar-refractivity contribution in [2.75, 3.05) is 0 Å². The van der Waals surface area contributed by atoms with Crippen LogP contribution >= 0.6 is 11.6 Å². The first-order valence-electron chi connectivity index (χ1n) is 11.1. The van der Waals surface area contributed by atoms with E-state index in [1.165, 1.54) is 12.1 Å². The van der Waals surface area contributed by atoms with Crippen LogP contribution in [0.2, 0.25) is 5.15 Å². The molecule has 10 heteroatoms. The van der Waals surface area contributed by atoms with Crippen molar-refractivity contribution in [3.63, 3.8) is 0 Å². The number of fused-ring (bicyclic) bond motifs is 2. The minimum Gasteiger partial charge on any atom is -0.483 e. The number of carbonyl (C=O) groups is 1. The number of aromatic nitrogens is 4. The van der Waals surface area contributed by atoms with Crippen molar-refractivity contribution in [2.24, 2.45) is 12.8 Å². The zero-order chi connectivity index (χ0) is 25.7. The maximum atomic E-state index is 13.4. The first kappa shape index (κ1) is 23.5. The number of hydrogen-bond acceptors (Lipinski definition) is 7. The van der Waals surface area contributed by atoms with Crippen LogP contribution in [0.15, 0.2) is 51.8 Å².